The van der Waals surface area contributed by atoms with Gasteiger partial charge < -0.3 is 0 Å². The van der Waals surface area contributed by atoms with Gasteiger partial charge in [-0.25, -0.2) is 0 Å². The molecule has 0 radical (unpaired) electrons. The summed E-state index contributed by atoms with van der Waals surface area (Å²) in [6.45, 7) is 14.5. The number of rotatable bonds is 5. The third-order valence-electron chi connectivity index (χ3n) is 4.45. The van der Waals surface area contributed by atoms with Crippen LogP contribution in [-0.4, -0.2) is 4.98 Å². The van der Waals surface area contributed by atoms with Crippen molar-refractivity contribution in [3.63, 3.8) is 0 Å². The molecule has 0 amide bonds. The summed E-state index contributed by atoms with van der Waals surface area (Å²) in [4.78, 5) is 3.85. The van der Waals surface area contributed by atoms with Gasteiger partial charge in [-0.15, -0.1) is 11.6 Å². The van der Waals surface area contributed by atoms with Gasteiger partial charge in [0.25, 0.3) is 0 Å². The Morgan fingerprint density at radius 1 is 0.571 bits per heavy atom. The lowest BCUT2D eigenvalue weighted by molar-refractivity contribution is 1.32. The quantitative estimate of drug-likeness (QED) is 0.228. The van der Waals surface area contributed by atoms with E-state index in [2.05, 4.69) is 47.2 Å². The van der Waals surface area contributed by atoms with Crippen LogP contribution < -0.4 is 0 Å². The summed E-state index contributed by atoms with van der Waals surface area (Å²) in [6, 6.07) is 29.9. The van der Waals surface area contributed by atoms with Gasteiger partial charge in [0.1, 0.15) is 0 Å². The predicted octanol–water partition coefficient (Wildman–Crippen LogP) is 10.2. The molecule has 0 bridgehead atoms. The zero-order valence-electron chi connectivity index (χ0n) is 19.9. The van der Waals surface area contributed by atoms with E-state index in [4.69, 9.17) is 11.6 Å². The molecule has 1 heterocycles. The van der Waals surface area contributed by atoms with Gasteiger partial charge in [-0.1, -0.05) is 133 Å². The first-order valence-corrected chi connectivity index (χ1v) is 12.2. The van der Waals surface area contributed by atoms with Gasteiger partial charge in [0.15, 0.2) is 0 Å². The van der Waals surface area contributed by atoms with E-state index < -0.39 is 0 Å². The Bertz CT molecular complexity index is 1080. The highest BCUT2D eigenvalue weighted by Crippen LogP contribution is 2.10. The van der Waals surface area contributed by atoms with Crippen LogP contribution in [0.2, 0.25) is 0 Å². The van der Waals surface area contributed by atoms with Gasteiger partial charge in [0.05, 0.1) is 0 Å². The van der Waals surface area contributed by atoms with E-state index in [9.17, 15) is 0 Å². The van der Waals surface area contributed by atoms with Crippen molar-refractivity contribution in [2.24, 2.45) is 0 Å². The molecule has 1 nitrogen and oxygen atoms in total. The molecule has 178 valence electrons. The van der Waals surface area contributed by atoms with E-state index in [1.54, 1.807) is 18.5 Å². The summed E-state index contributed by atoms with van der Waals surface area (Å²) in [7, 11) is 0. The fourth-order valence-electron chi connectivity index (χ4n) is 2.43. The van der Waals surface area contributed by atoms with Crippen LogP contribution in [0, 0.1) is 0 Å². The first-order valence-electron chi connectivity index (χ1n) is 10.9. The Hall–Kier alpha value is -3.46. The van der Waals surface area contributed by atoms with Gasteiger partial charge in [0.2, 0.25) is 0 Å². The molecule has 35 heavy (non-hydrogen) atoms. The first kappa shape index (κ1) is 29.6. The number of hydrogen-bond acceptors (Lipinski definition) is 1. The van der Waals surface area contributed by atoms with Gasteiger partial charge in [-0.05, 0) is 52.1 Å². The topological polar surface area (TPSA) is 12.9 Å². The molecular weight excluding hydrogens is 514 g/mol. The molecule has 3 heteroatoms. The summed E-state index contributed by atoms with van der Waals surface area (Å²) in [5.41, 5.74) is 5.71. The SMILES string of the molecule is C=Cc1ccc(Br)cc1.C=Cc1ccc(CCl)cc1.C=Cc1ccccc1.C=Cc1ccncc1. The molecule has 4 rings (SSSR count). The Balaban J connectivity index is 0.000000234. The van der Waals surface area contributed by atoms with Gasteiger partial charge in [-0.2, -0.15) is 0 Å². The van der Waals surface area contributed by atoms with Crippen molar-refractivity contribution < 1.29 is 0 Å². The molecule has 0 aliphatic heterocycles. The Morgan fingerprint density at radius 3 is 1.34 bits per heavy atom. The monoisotopic (exact) mass is 543 g/mol. The third kappa shape index (κ3) is 13.7. The van der Waals surface area contributed by atoms with E-state index in [1.807, 2.05) is 109 Å². The minimum atomic E-state index is 0.581. The van der Waals surface area contributed by atoms with Crippen LogP contribution in [0.3, 0.4) is 0 Å². The second kappa shape index (κ2) is 18.9. The van der Waals surface area contributed by atoms with Crippen molar-refractivity contribution in [1.82, 2.24) is 4.98 Å². The minimum Gasteiger partial charge on any atom is -0.265 e. The molecule has 4 aromatic rings. The second-order valence-electron chi connectivity index (χ2n) is 6.93. The van der Waals surface area contributed by atoms with Gasteiger partial charge in [-0.3, -0.25) is 4.98 Å². The van der Waals surface area contributed by atoms with E-state index in [-0.39, 0.29) is 0 Å². The van der Waals surface area contributed by atoms with Gasteiger partial charge in [0, 0.05) is 22.7 Å². The molecule has 0 saturated carbocycles. The highest BCUT2D eigenvalue weighted by molar-refractivity contribution is 9.10. The summed E-state index contributed by atoms with van der Waals surface area (Å²) in [6.07, 6.45) is 10.8. The number of alkyl halides is 1. The normalized spacial score (nSPS) is 8.86. The molecule has 0 aliphatic carbocycles. The zero-order valence-corrected chi connectivity index (χ0v) is 22.2. The van der Waals surface area contributed by atoms with Crippen LogP contribution in [0.5, 0.6) is 0 Å². The maximum atomic E-state index is 5.60. The fourth-order valence-corrected chi connectivity index (χ4v) is 2.87. The minimum absolute atomic E-state index is 0.581. The molecule has 0 N–H and O–H groups in total. The van der Waals surface area contributed by atoms with Crippen LogP contribution >= 0.6 is 27.5 Å². The van der Waals surface area contributed by atoms with Crippen molar-refractivity contribution in [3.8, 4) is 0 Å². The molecular formula is C32H31BrClN. The average molecular weight is 545 g/mol. The van der Waals surface area contributed by atoms with E-state index >= 15 is 0 Å². The third-order valence-corrected chi connectivity index (χ3v) is 5.29. The second-order valence-corrected chi connectivity index (χ2v) is 8.12. The average Bonchev–Trinajstić information content (AvgIpc) is 2.95. The highest BCUT2D eigenvalue weighted by Gasteiger charge is 1.87. The summed E-state index contributed by atoms with van der Waals surface area (Å²) < 4.78 is 1.10. The van der Waals surface area contributed by atoms with Crippen LogP contribution in [0.15, 0.2) is 134 Å². The van der Waals surface area contributed by atoms with Crippen molar-refractivity contribution in [3.05, 3.63) is 162 Å². The Morgan fingerprint density at radius 2 is 0.971 bits per heavy atom. The first-order chi connectivity index (χ1) is 17.1. The van der Waals surface area contributed by atoms with Gasteiger partial charge >= 0.3 is 0 Å². The maximum absolute atomic E-state index is 5.60. The summed E-state index contributed by atoms with van der Waals surface area (Å²) >= 11 is 8.94. The molecule has 3 aromatic carbocycles. The Kier molecular flexibility index (Phi) is 16.0. The van der Waals surface area contributed by atoms with Crippen molar-refractivity contribution in [1.29, 1.82) is 0 Å². The smallest absolute Gasteiger partial charge is 0.0474 e. The van der Waals surface area contributed by atoms with Crippen molar-refractivity contribution >= 4 is 51.8 Å². The zero-order chi connectivity index (χ0) is 25.7. The van der Waals surface area contributed by atoms with Crippen LogP contribution in [0.25, 0.3) is 24.3 Å². The molecule has 0 fully saturated rings. The van der Waals surface area contributed by atoms with Crippen LogP contribution in [-0.2, 0) is 5.88 Å². The Labute approximate surface area is 224 Å². The molecule has 1 aromatic heterocycles. The number of nitrogens with zero attached hydrogens (tertiary/aromatic N) is 1. The lowest BCUT2D eigenvalue weighted by Gasteiger charge is -1.94. The number of pyridine rings is 1. The van der Waals surface area contributed by atoms with E-state index in [0.717, 1.165) is 26.7 Å². The van der Waals surface area contributed by atoms with Crippen molar-refractivity contribution in [2.45, 2.75) is 5.88 Å². The lowest BCUT2D eigenvalue weighted by Crippen LogP contribution is -1.76. The predicted molar refractivity (Wildman–Crippen MR) is 161 cm³/mol. The largest absolute Gasteiger partial charge is 0.265 e. The standard InChI is InChI=1S/C9H9Cl.C8H7Br.C8H8.C7H7N/c1-2-8-3-5-9(7-10)6-4-8;1-2-7-3-5-8(9)6-4-7;1-2-8-6-4-3-5-7-8;1-2-7-3-5-8-6-4-7/h2-6H,1,7H2;2-6H,1H2;2-7H,1H2;2-6H,1H2. The summed E-state index contributed by atoms with van der Waals surface area (Å²) in [5, 5.41) is 0. The number of aromatic nitrogens is 1. The number of benzene rings is 3. The van der Waals surface area contributed by atoms with E-state index in [0.29, 0.717) is 5.88 Å². The molecule has 0 atom stereocenters. The summed E-state index contributed by atoms with van der Waals surface area (Å²) in [5.74, 6) is 0.581. The van der Waals surface area contributed by atoms with Crippen molar-refractivity contribution in [2.75, 3.05) is 0 Å². The molecule has 0 aliphatic rings. The van der Waals surface area contributed by atoms with Crippen LogP contribution in [0.4, 0.5) is 0 Å². The maximum Gasteiger partial charge on any atom is 0.0474 e. The highest BCUT2D eigenvalue weighted by atomic mass is 79.9. The molecule has 0 spiro atoms. The number of hydrogen-bond donors (Lipinski definition) is 0. The van der Waals surface area contributed by atoms with E-state index in [1.165, 1.54) is 5.56 Å². The van der Waals surface area contributed by atoms with Crippen LogP contribution in [0.1, 0.15) is 27.8 Å². The molecule has 0 saturated heterocycles. The fraction of sp³-hybridized carbons (Fsp3) is 0.0312. The number of halogens is 2. The lowest BCUT2D eigenvalue weighted by atomic mass is 10.1. The molecule has 0 unspecified atom stereocenters.